The first-order valence-electron chi connectivity index (χ1n) is 9.34. The molecule has 1 spiro atoms. The van der Waals surface area contributed by atoms with Gasteiger partial charge in [0.05, 0.1) is 6.04 Å². The van der Waals surface area contributed by atoms with Crippen LogP contribution < -0.4 is 10.1 Å². The van der Waals surface area contributed by atoms with Gasteiger partial charge < -0.3 is 10.1 Å². The summed E-state index contributed by atoms with van der Waals surface area (Å²) < 4.78 is 6.45. The first-order chi connectivity index (χ1) is 11.3. The summed E-state index contributed by atoms with van der Waals surface area (Å²) >= 11 is 0. The van der Waals surface area contributed by atoms with Crippen LogP contribution in [0.3, 0.4) is 0 Å². The smallest absolute Gasteiger partial charge is 0.223 e. The first-order valence-corrected chi connectivity index (χ1v) is 9.34. The number of rotatable bonds is 2. The van der Waals surface area contributed by atoms with Crippen molar-refractivity contribution in [1.82, 2.24) is 5.32 Å². The largest absolute Gasteiger partial charge is 0.487 e. The van der Waals surface area contributed by atoms with E-state index in [0.717, 1.165) is 43.4 Å². The van der Waals surface area contributed by atoms with Crippen LogP contribution in [0.5, 0.6) is 5.75 Å². The van der Waals surface area contributed by atoms with Crippen molar-refractivity contribution in [3.63, 3.8) is 0 Å². The van der Waals surface area contributed by atoms with E-state index < -0.39 is 0 Å². The summed E-state index contributed by atoms with van der Waals surface area (Å²) in [4.78, 5) is 12.6. The molecule has 1 aromatic carbocycles. The Morgan fingerprint density at radius 2 is 1.78 bits per heavy atom. The van der Waals surface area contributed by atoms with Crippen molar-refractivity contribution in [3.8, 4) is 5.75 Å². The van der Waals surface area contributed by atoms with Crippen molar-refractivity contribution < 1.29 is 9.53 Å². The van der Waals surface area contributed by atoms with Crippen molar-refractivity contribution in [2.45, 2.75) is 75.9 Å². The zero-order valence-corrected chi connectivity index (χ0v) is 13.9. The molecule has 3 heteroatoms. The number of carbonyl (C=O) groups is 1. The fraction of sp³-hybridized carbons (Fsp3) is 0.650. The Bertz CT molecular complexity index is 571. The second-order valence-corrected chi connectivity index (χ2v) is 7.63. The lowest BCUT2D eigenvalue weighted by atomic mass is 9.77. The van der Waals surface area contributed by atoms with Crippen molar-refractivity contribution in [2.24, 2.45) is 5.92 Å². The molecule has 2 fully saturated rings. The molecule has 124 valence electrons. The van der Waals surface area contributed by atoms with Crippen LogP contribution in [0, 0.1) is 5.92 Å². The summed E-state index contributed by atoms with van der Waals surface area (Å²) in [6.07, 6.45) is 11.5. The van der Waals surface area contributed by atoms with Gasteiger partial charge in [-0.25, -0.2) is 0 Å². The third-order valence-electron chi connectivity index (χ3n) is 6.00. The lowest BCUT2D eigenvalue weighted by Gasteiger charge is -2.44. The van der Waals surface area contributed by atoms with Crippen LogP contribution in [0.1, 0.15) is 75.8 Å². The summed E-state index contributed by atoms with van der Waals surface area (Å²) in [7, 11) is 0. The van der Waals surface area contributed by atoms with Gasteiger partial charge in [-0.2, -0.15) is 0 Å². The SMILES string of the molecule is O=C(N[C@H]1CC2(CCCCC2)Oc2ccccc21)C1CCCC1. The number of fused-ring (bicyclic) bond motifs is 1. The topological polar surface area (TPSA) is 38.3 Å². The van der Waals surface area contributed by atoms with Gasteiger partial charge in [-0.15, -0.1) is 0 Å². The third-order valence-corrected chi connectivity index (χ3v) is 6.00. The van der Waals surface area contributed by atoms with E-state index >= 15 is 0 Å². The maximum Gasteiger partial charge on any atom is 0.223 e. The minimum absolute atomic E-state index is 0.0553. The number of ether oxygens (including phenoxy) is 1. The molecular formula is C20H27NO2. The van der Waals surface area contributed by atoms with Crippen LogP contribution in [0.2, 0.25) is 0 Å². The van der Waals surface area contributed by atoms with Crippen LogP contribution >= 0.6 is 0 Å². The maximum absolute atomic E-state index is 12.6. The summed E-state index contributed by atoms with van der Waals surface area (Å²) in [5.41, 5.74) is 1.11. The molecule has 2 saturated carbocycles. The molecule has 0 saturated heterocycles. The van der Waals surface area contributed by atoms with Gasteiger partial charge in [0.1, 0.15) is 11.4 Å². The predicted octanol–water partition coefficient (Wildman–Crippen LogP) is 4.52. The summed E-state index contributed by atoms with van der Waals surface area (Å²) in [6.45, 7) is 0. The van der Waals surface area contributed by atoms with Crippen LogP contribution in [0.4, 0.5) is 0 Å². The average molecular weight is 313 g/mol. The van der Waals surface area contributed by atoms with Crippen molar-refractivity contribution >= 4 is 5.91 Å². The molecule has 0 radical (unpaired) electrons. The Labute approximate surface area is 138 Å². The fourth-order valence-corrected chi connectivity index (χ4v) is 4.73. The lowest BCUT2D eigenvalue weighted by Crippen LogP contribution is -2.47. The van der Waals surface area contributed by atoms with Gasteiger partial charge >= 0.3 is 0 Å². The number of carbonyl (C=O) groups excluding carboxylic acids is 1. The van der Waals surface area contributed by atoms with Crippen molar-refractivity contribution in [1.29, 1.82) is 0 Å². The summed E-state index contributed by atoms with van der Waals surface area (Å²) in [6, 6.07) is 8.39. The van der Waals surface area contributed by atoms with E-state index in [2.05, 4.69) is 23.5 Å². The molecule has 3 aliphatic rings. The molecule has 0 aromatic heterocycles. The Morgan fingerprint density at radius 1 is 1.04 bits per heavy atom. The Balaban J connectivity index is 1.57. The molecule has 1 heterocycles. The van der Waals surface area contributed by atoms with Crippen molar-refractivity contribution in [2.75, 3.05) is 0 Å². The minimum Gasteiger partial charge on any atom is -0.487 e. The van der Waals surface area contributed by atoms with E-state index in [4.69, 9.17) is 4.74 Å². The monoisotopic (exact) mass is 313 g/mol. The van der Waals surface area contributed by atoms with E-state index in [1.807, 2.05) is 6.07 Å². The van der Waals surface area contributed by atoms with Gasteiger partial charge in [0.2, 0.25) is 5.91 Å². The molecule has 1 aliphatic heterocycles. The molecule has 0 unspecified atom stereocenters. The molecule has 4 rings (SSSR count). The molecule has 1 aromatic rings. The fourth-order valence-electron chi connectivity index (χ4n) is 4.73. The van der Waals surface area contributed by atoms with E-state index in [9.17, 15) is 4.79 Å². The number of nitrogens with one attached hydrogen (secondary N) is 1. The molecular weight excluding hydrogens is 286 g/mol. The molecule has 23 heavy (non-hydrogen) atoms. The highest BCUT2D eigenvalue weighted by Gasteiger charge is 2.42. The van der Waals surface area contributed by atoms with E-state index in [1.165, 1.54) is 32.1 Å². The normalized spacial score (nSPS) is 26.5. The minimum atomic E-state index is -0.0553. The predicted molar refractivity (Wildman–Crippen MR) is 90.3 cm³/mol. The zero-order chi connectivity index (χ0) is 15.7. The quantitative estimate of drug-likeness (QED) is 0.872. The standard InChI is InChI=1S/C20H27NO2/c22-19(15-8-2-3-9-15)21-17-14-20(12-6-1-7-13-20)23-18-11-5-4-10-16(17)18/h4-5,10-11,15,17H,1-3,6-9,12-14H2,(H,21,22)/t17-/m0/s1. The van der Waals surface area contributed by atoms with E-state index in [1.54, 1.807) is 0 Å². The number of para-hydroxylation sites is 1. The van der Waals surface area contributed by atoms with Crippen LogP contribution in [-0.4, -0.2) is 11.5 Å². The van der Waals surface area contributed by atoms with Gasteiger partial charge in [-0.3, -0.25) is 4.79 Å². The molecule has 3 nitrogen and oxygen atoms in total. The van der Waals surface area contributed by atoms with Crippen LogP contribution in [0.25, 0.3) is 0 Å². The van der Waals surface area contributed by atoms with Crippen LogP contribution in [0.15, 0.2) is 24.3 Å². The number of hydrogen-bond acceptors (Lipinski definition) is 2. The zero-order valence-electron chi connectivity index (χ0n) is 13.9. The number of benzene rings is 1. The molecule has 1 amide bonds. The summed E-state index contributed by atoms with van der Waals surface area (Å²) in [5.74, 6) is 1.47. The molecule has 2 aliphatic carbocycles. The highest BCUT2D eigenvalue weighted by Crippen LogP contribution is 2.46. The van der Waals surface area contributed by atoms with Gasteiger partial charge in [0.15, 0.2) is 0 Å². The lowest BCUT2D eigenvalue weighted by molar-refractivity contribution is -0.126. The molecule has 0 bridgehead atoms. The van der Waals surface area contributed by atoms with Crippen molar-refractivity contribution in [3.05, 3.63) is 29.8 Å². The highest BCUT2D eigenvalue weighted by atomic mass is 16.5. The third kappa shape index (κ3) is 2.98. The van der Waals surface area contributed by atoms with E-state index in [0.29, 0.717) is 0 Å². The number of amides is 1. The second kappa shape index (κ2) is 6.18. The van der Waals surface area contributed by atoms with E-state index in [-0.39, 0.29) is 23.5 Å². The highest BCUT2D eigenvalue weighted by molar-refractivity contribution is 5.79. The summed E-state index contributed by atoms with van der Waals surface area (Å²) in [5, 5.41) is 3.37. The average Bonchev–Trinajstić information content (AvgIpc) is 3.10. The Hall–Kier alpha value is -1.51. The Morgan fingerprint density at radius 3 is 2.57 bits per heavy atom. The van der Waals surface area contributed by atoms with Gasteiger partial charge in [-0.05, 0) is 44.6 Å². The second-order valence-electron chi connectivity index (χ2n) is 7.63. The molecule has 1 N–H and O–H groups in total. The Kier molecular flexibility index (Phi) is 4.04. The van der Waals surface area contributed by atoms with Crippen LogP contribution in [-0.2, 0) is 4.79 Å². The number of hydrogen-bond donors (Lipinski definition) is 1. The molecule has 1 atom stereocenters. The van der Waals surface area contributed by atoms with Gasteiger partial charge in [0, 0.05) is 17.9 Å². The van der Waals surface area contributed by atoms with Gasteiger partial charge in [0.25, 0.3) is 0 Å². The van der Waals surface area contributed by atoms with Gasteiger partial charge in [-0.1, -0.05) is 37.5 Å². The maximum atomic E-state index is 12.6. The first kappa shape index (κ1) is 15.0.